The molecule has 0 radical (unpaired) electrons. The first kappa shape index (κ1) is 74.3. The van der Waals surface area contributed by atoms with Gasteiger partial charge in [-0.3, -0.25) is 9.59 Å². The van der Waals surface area contributed by atoms with Gasteiger partial charge < -0.3 is 20.3 Å². The maximum atomic E-state index is 12.5. The molecule has 76 heavy (non-hydrogen) atoms. The van der Waals surface area contributed by atoms with Crippen molar-refractivity contribution in [1.82, 2.24) is 5.32 Å². The maximum Gasteiger partial charge on any atom is 0.305 e. The Hall–Kier alpha value is -1.66. The summed E-state index contributed by atoms with van der Waals surface area (Å²) < 4.78 is 5.49. The Morgan fingerprint density at radius 3 is 1.03 bits per heavy atom. The van der Waals surface area contributed by atoms with Gasteiger partial charge >= 0.3 is 5.97 Å². The molecule has 3 N–H and O–H groups in total. The summed E-state index contributed by atoms with van der Waals surface area (Å²) in [6, 6.07) is -0.539. The van der Waals surface area contributed by atoms with E-state index in [0.717, 1.165) is 51.4 Å². The Morgan fingerprint density at radius 1 is 0.368 bits per heavy atom. The van der Waals surface area contributed by atoms with Gasteiger partial charge in [0.1, 0.15) is 0 Å². The van der Waals surface area contributed by atoms with Crippen LogP contribution in [0.3, 0.4) is 0 Å². The van der Waals surface area contributed by atoms with Crippen molar-refractivity contribution < 1.29 is 24.5 Å². The number of esters is 1. The first-order chi connectivity index (χ1) is 37.5. The highest BCUT2D eigenvalue weighted by Gasteiger charge is 2.20. The van der Waals surface area contributed by atoms with Crippen LogP contribution < -0.4 is 5.32 Å². The third-order valence-electron chi connectivity index (χ3n) is 16.3. The molecule has 0 aliphatic carbocycles. The van der Waals surface area contributed by atoms with E-state index in [1.807, 2.05) is 0 Å². The lowest BCUT2D eigenvalue weighted by Crippen LogP contribution is -2.45. The van der Waals surface area contributed by atoms with E-state index in [4.69, 9.17) is 4.74 Å². The Morgan fingerprint density at radius 2 is 0.658 bits per heavy atom. The SMILES string of the molecule is CCCCC/C=C\C/C=C\CCCCCCCC(=O)OCCCCCCCCCCCCCCCCCCCCCCCCCCCCCC(=O)N[C@@H](CO)[C@H](O)CCCCCCCCCCCCCCCCCCC. The molecule has 0 spiro atoms. The molecule has 0 heterocycles. The van der Waals surface area contributed by atoms with Gasteiger partial charge in [-0.05, 0) is 57.8 Å². The molecule has 2 atom stereocenters. The molecular weight excluding hydrogens is 935 g/mol. The summed E-state index contributed by atoms with van der Waals surface area (Å²) in [5.74, 6) is -0.0242. The predicted molar refractivity (Wildman–Crippen MR) is 333 cm³/mol. The second-order valence-electron chi connectivity index (χ2n) is 23.9. The fourth-order valence-corrected chi connectivity index (χ4v) is 11.0. The van der Waals surface area contributed by atoms with Crippen LogP contribution >= 0.6 is 0 Å². The largest absolute Gasteiger partial charge is 0.466 e. The average Bonchev–Trinajstić information content (AvgIpc) is 3.42. The number of amides is 1. The molecule has 0 aromatic heterocycles. The number of hydrogen-bond acceptors (Lipinski definition) is 5. The number of rotatable bonds is 65. The first-order valence-corrected chi connectivity index (χ1v) is 34.6. The molecule has 0 saturated carbocycles. The number of ether oxygens (including phenoxy) is 1. The van der Waals surface area contributed by atoms with Crippen LogP contribution in [0.25, 0.3) is 0 Å². The molecule has 0 aromatic carbocycles. The summed E-state index contributed by atoms with van der Waals surface area (Å²) in [5.41, 5.74) is 0. The number of unbranched alkanes of at least 4 members (excludes halogenated alkanes) is 50. The van der Waals surface area contributed by atoms with Gasteiger partial charge in [0.15, 0.2) is 0 Å². The van der Waals surface area contributed by atoms with E-state index in [1.54, 1.807) is 0 Å². The molecule has 6 heteroatoms. The van der Waals surface area contributed by atoms with Crippen molar-refractivity contribution in [2.24, 2.45) is 0 Å². The first-order valence-electron chi connectivity index (χ1n) is 34.6. The van der Waals surface area contributed by atoms with Crippen molar-refractivity contribution in [2.75, 3.05) is 13.2 Å². The fourth-order valence-electron chi connectivity index (χ4n) is 11.0. The number of allylic oxidation sites excluding steroid dienone is 4. The van der Waals surface area contributed by atoms with Crippen LogP contribution in [0.5, 0.6) is 0 Å². The molecular formula is C70H135NO5. The Balaban J connectivity index is 3.35. The minimum absolute atomic E-state index is 0.00468. The minimum atomic E-state index is -0.662. The van der Waals surface area contributed by atoms with Crippen molar-refractivity contribution in [3.05, 3.63) is 24.3 Å². The van der Waals surface area contributed by atoms with Gasteiger partial charge in [-0.1, -0.05) is 340 Å². The van der Waals surface area contributed by atoms with Crippen molar-refractivity contribution >= 4 is 11.9 Å². The normalized spacial score (nSPS) is 12.6. The van der Waals surface area contributed by atoms with E-state index in [-0.39, 0.29) is 18.5 Å². The van der Waals surface area contributed by atoms with E-state index < -0.39 is 12.1 Å². The smallest absolute Gasteiger partial charge is 0.305 e. The van der Waals surface area contributed by atoms with Gasteiger partial charge in [0.2, 0.25) is 5.91 Å². The molecule has 0 aromatic rings. The summed E-state index contributed by atoms with van der Waals surface area (Å²) in [6.45, 7) is 4.96. The third-order valence-corrected chi connectivity index (χ3v) is 16.3. The molecule has 0 aliphatic rings. The second-order valence-corrected chi connectivity index (χ2v) is 23.9. The molecule has 0 bridgehead atoms. The fraction of sp³-hybridized carbons (Fsp3) is 0.914. The molecule has 450 valence electrons. The zero-order valence-corrected chi connectivity index (χ0v) is 51.5. The molecule has 0 aliphatic heterocycles. The standard InChI is InChI=1S/C70H135NO5/c1-3-5-7-9-11-13-15-17-19-31-35-38-42-46-50-54-58-62-68(73)67(66-72)71-69(74)63-59-55-51-47-43-39-36-32-29-27-25-23-21-20-22-24-26-28-30-33-37-41-45-49-53-57-61-65-76-70(75)64-60-56-52-48-44-40-34-18-16-14-12-10-8-6-4-2/h12,14,18,34,67-68,72-73H,3-11,13,15-17,19-33,35-66H2,1-2H3,(H,71,74)/b14-12-,34-18-/t67-,68+/m0/s1. The summed E-state index contributed by atoms with van der Waals surface area (Å²) >= 11 is 0. The highest BCUT2D eigenvalue weighted by molar-refractivity contribution is 5.76. The Bertz CT molecular complexity index is 1190. The van der Waals surface area contributed by atoms with Crippen molar-refractivity contribution in [3.8, 4) is 0 Å². The van der Waals surface area contributed by atoms with Crippen LogP contribution in [0.2, 0.25) is 0 Å². The van der Waals surface area contributed by atoms with Gasteiger partial charge in [-0.2, -0.15) is 0 Å². The van der Waals surface area contributed by atoms with E-state index in [2.05, 4.69) is 43.5 Å². The van der Waals surface area contributed by atoms with Gasteiger partial charge in [-0.25, -0.2) is 0 Å². The Kier molecular flexibility index (Phi) is 64.4. The lowest BCUT2D eigenvalue weighted by molar-refractivity contribution is -0.143. The van der Waals surface area contributed by atoms with Crippen LogP contribution in [0.1, 0.15) is 386 Å². The number of aliphatic hydroxyl groups is 2. The quantitative estimate of drug-likeness (QED) is 0.0320. The minimum Gasteiger partial charge on any atom is -0.466 e. The van der Waals surface area contributed by atoms with Gasteiger partial charge in [0.05, 0.1) is 25.4 Å². The highest BCUT2D eigenvalue weighted by atomic mass is 16.5. The number of carbonyl (C=O) groups is 2. The van der Waals surface area contributed by atoms with Crippen molar-refractivity contribution in [3.63, 3.8) is 0 Å². The lowest BCUT2D eigenvalue weighted by Gasteiger charge is -2.22. The van der Waals surface area contributed by atoms with Gasteiger partial charge in [-0.15, -0.1) is 0 Å². The molecule has 6 nitrogen and oxygen atoms in total. The third kappa shape index (κ3) is 61.6. The average molecular weight is 1070 g/mol. The van der Waals surface area contributed by atoms with E-state index in [0.29, 0.717) is 25.9 Å². The van der Waals surface area contributed by atoms with Crippen LogP contribution in [-0.2, 0) is 14.3 Å². The lowest BCUT2D eigenvalue weighted by atomic mass is 10.0. The number of aliphatic hydroxyl groups excluding tert-OH is 2. The van der Waals surface area contributed by atoms with Crippen LogP contribution in [0.4, 0.5) is 0 Å². The maximum absolute atomic E-state index is 12.5. The molecule has 0 unspecified atom stereocenters. The topological polar surface area (TPSA) is 95.9 Å². The zero-order valence-electron chi connectivity index (χ0n) is 51.5. The van der Waals surface area contributed by atoms with E-state index in [1.165, 1.54) is 302 Å². The van der Waals surface area contributed by atoms with Crippen molar-refractivity contribution in [2.45, 2.75) is 398 Å². The monoisotopic (exact) mass is 1070 g/mol. The van der Waals surface area contributed by atoms with Crippen LogP contribution in [-0.4, -0.2) is 47.4 Å². The summed E-state index contributed by atoms with van der Waals surface area (Å²) in [4.78, 5) is 24.6. The number of carbonyl (C=O) groups excluding carboxylic acids is 2. The molecule has 0 rings (SSSR count). The van der Waals surface area contributed by atoms with E-state index in [9.17, 15) is 19.8 Å². The van der Waals surface area contributed by atoms with Gasteiger partial charge in [0.25, 0.3) is 0 Å². The van der Waals surface area contributed by atoms with Crippen LogP contribution in [0.15, 0.2) is 24.3 Å². The molecule has 0 fully saturated rings. The van der Waals surface area contributed by atoms with Gasteiger partial charge in [0, 0.05) is 12.8 Å². The molecule has 1 amide bonds. The van der Waals surface area contributed by atoms with E-state index >= 15 is 0 Å². The molecule has 0 saturated heterocycles. The van der Waals surface area contributed by atoms with Crippen LogP contribution in [0, 0.1) is 0 Å². The highest BCUT2D eigenvalue weighted by Crippen LogP contribution is 2.19. The summed E-state index contributed by atoms with van der Waals surface area (Å²) in [7, 11) is 0. The summed E-state index contributed by atoms with van der Waals surface area (Å²) in [6.07, 6.45) is 82.2. The predicted octanol–water partition coefficient (Wildman–Crippen LogP) is 22.1. The zero-order chi connectivity index (χ0) is 55.0. The second kappa shape index (κ2) is 65.9. The Labute approximate surface area is 475 Å². The number of hydrogen-bond donors (Lipinski definition) is 3. The number of nitrogens with one attached hydrogen (secondary N) is 1. The summed E-state index contributed by atoms with van der Waals surface area (Å²) in [5, 5.41) is 23.4. The van der Waals surface area contributed by atoms with Crippen molar-refractivity contribution in [1.29, 1.82) is 0 Å².